The third-order valence-corrected chi connectivity index (χ3v) is 3.37. The lowest BCUT2D eigenvalue weighted by molar-refractivity contribution is 0.102. The van der Waals surface area contributed by atoms with Crippen LogP contribution >= 0.6 is 0 Å². The number of nitrogens with one attached hydrogen (secondary N) is 1. The topological polar surface area (TPSA) is 42.0 Å². The number of rotatable bonds is 4. The third kappa shape index (κ3) is 4.14. The number of hydrogen-bond donors (Lipinski definition) is 1. The first-order chi connectivity index (χ1) is 11.7. The van der Waals surface area contributed by atoms with Gasteiger partial charge in [0.05, 0.1) is 5.69 Å². The van der Waals surface area contributed by atoms with E-state index in [0.717, 1.165) is 11.3 Å². The zero-order valence-corrected chi connectivity index (χ0v) is 12.8. The molecule has 0 aliphatic heterocycles. The average molecular weight is 318 g/mol. The van der Waals surface area contributed by atoms with Gasteiger partial charge in [0.25, 0.3) is 5.91 Å². The van der Waals surface area contributed by atoms with Gasteiger partial charge in [0.1, 0.15) is 5.82 Å². The van der Waals surface area contributed by atoms with Gasteiger partial charge in [-0.15, -0.1) is 0 Å². The van der Waals surface area contributed by atoms with Gasteiger partial charge in [-0.2, -0.15) is 0 Å². The third-order valence-electron chi connectivity index (χ3n) is 3.37. The van der Waals surface area contributed by atoms with E-state index in [1.807, 2.05) is 48.6 Å². The first kappa shape index (κ1) is 15.6. The predicted molar refractivity (Wildman–Crippen MR) is 94.0 cm³/mol. The van der Waals surface area contributed by atoms with E-state index in [4.69, 9.17) is 0 Å². The number of carbonyl (C=O) groups is 1. The van der Waals surface area contributed by atoms with Crippen molar-refractivity contribution >= 4 is 23.7 Å². The van der Waals surface area contributed by atoms with Crippen LogP contribution in [0, 0.1) is 5.82 Å². The van der Waals surface area contributed by atoms with E-state index in [1.54, 1.807) is 18.3 Å². The first-order valence-electron chi connectivity index (χ1n) is 7.47. The summed E-state index contributed by atoms with van der Waals surface area (Å²) in [4.78, 5) is 16.4. The molecule has 1 heterocycles. The summed E-state index contributed by atoms with van der Waals surface area (Å²) in [6, 6.07) is 18.7. The smallest absolute Gasteiger partial charge is 0.255 e. The number of aromatic nitrogens is 1. The Morgan fingerprint density at radius 2 is 1.83 bits per heavy atom. The lowest BCUT2D eigenvalue weighted by Crippen LogP contribution is -2.12. The van der Waals surface area contributed by atoms with E-state index < -0.39 is 5.82 Å². The van der Waals surface area contributed by atoms with Gasteiger partial charge in [-0.25, -0.2) is 4.39 Å². The Hall–Kier alpha value is -3.27. The SMILES string of the molecule is O=C(Nc1cccc(C=Cc2ccccn2)c1)c1cccc(F)c1. The van der Waals surface area contributed by atoms with E-state index in [2.05, 4.69) is 10.3 Å². The molecule has 0 spiro atoms. The largest absolute Gasteiger partial charge is 0.322 e. The highest BCUT2D eigenvalue weighted by molar-refractivity contribution is 6.04. The van der Waals surface area contributed by atoms with Crippen LogP contribution in [-0.2, 0) is 0 Å². The fourth-order valence-corrected chi connectivity index (χ4v) is 2.21. The van der Waals surface area contributed by atoms with Crippen LogP contribution in [-0.4, -0.2) is 10.9 Å². The predicted octanol–water partition coefficient (Wildman–Crippen LogP) is 4.64. The van der Waals surface area contributed by atoms with Crippen molar-refractivity contribution in [1.82, 2.24) is 4.98 Å². The Labute approximate surface area is 139 Å². The van der Waals surface area contributed by atoms with E-state index in [0.29, 0.717) is 5.69 Å². The summed E-state index contributed by atoms with van der Waals surface area (Å²) < 4.78 is 13.2. The van der Waals surface area contributed by atoms with Crippen molar-refractivity contribution in [1.29, 1.82) is 0 Å². The number of pyridine rings is 1. The molecule has 1 N–H and O–H groups in total. The Kier molecular flexibility index (Phi) is 4.77. The molecule has 118 valence electrons. The van der Waals surface area contributed by atoms with Crippen LogP contribution in [0.15, 0.2) is 72.9 Å². The van der Waals surface area contributed by atoms with Crippen LogP contribution in [0.4, 0.5) is 10.1 Å². The molecular formula is C20H15FN2O. The van der Waals surface area contributed by atoms with Crippen LogP contribution in [0.5, 0.6) is 0 Å². The van der Waals surface area contributed by atoms with Gasteiger partial charge >= 0.3 is 0 Å². The first-order valence-corrected chi connectivity index (χ1v) is 7.47. The van der Waals surface area contributed by atoms with Gasteiger partial charge in [-0.05, 0) is 54.1 Å². The quantitative estimate of drug-likeness (QED) is 0.761. The van der Waals surface area contributed by atoms with Crippen molar-refractivity contribution in [2.24, 2.45) is 0 Å². The molecule has 1 amide bonds. The van der Waals surface area contributed by atoms with Crippen molar-refractivity contribution in [3.63, 3.8) is 0 Å². The molecule has 0 atom stereocenters. The van der Waals surface area contributed by atoms with Crippen LogP contribution in [0.25, 0.3) is 12.2 Å². The van der Waals surface area contributed by atoms with Gasteiger partial charge in [0.2, 0.25) is 0 Å². The minimum absolute atomic E-state index is 0.282. The van der Waals surface area contributed by atoms with Crippen molar-refractivity contribution in [2.75, 3.05) is 5.32 Å². The monoisotopic (exact) mass is 318 g/mol. The Morgan fingerprint density at radius 1 is 0.958 bits per heavy atom. The molecule has 0 fully saturated rings. The second-order valence-corrected chi connectivity index (χ2v) is 5.18. The second-order valence-electron chi connectivity index (χ2n) is 5.18. The lowest BCUT2D eigenvalue weighted by atomic mass is 10.1. The molecule has 0 bridgehead atoms. The summed E-state index contributed by atoms with van der Waals surface area (Å²) in [6.07, 6.45) is 5.54. The highest BCUT2D eigenvalue weighted by Gasteiger charge is 2.06. The van der Waals surface area contributed by atoms with Crippen molar-refractivity contribution < 1.29 is 9.18 Å². The van der Waals surface area contributed by atoms with E-state index >= 15 is 0 Å². The Morgan fingerprint density at radius 3 is 2.62 bits per heavy atom. The molecule has 0 unspecified atom stereocenters. The van der Waals surface area contributed by atoms with Gasteiger partial charge in [0.15, 0.2) is 0 Å². The maximum absolute atomic E-state index is 13.2. The molecule has 3 nitrogen and oxygen atoms in total. The summed E-state index contributed by atoms with van der Waals surface area (Å²) in [7, 11) is 0. The molecule has 2 aromatic carbocycles. The highest BCUT2D eigenvalue weighted by Crippen LogP contribution is 2.15. The fourth-order valence-electron chi connectivity index (χ4n) is 2.21. The lowest BCUT2D eigenvalue weighted by Gasteiger charge is -2.06. The Balaban J connectivity index is 1.73. The van der Waals surface area contributed by atoms with E-state index in [-0.39, 0.29) is 11.5 Å². The minimum Gasteiger partial charge on any atom is -0.322 e. The van der Waals surface area contributed by atoms with E-state index in [1.165, 1.54) is 18.2 Å². The molecule has 0 aliphatic carbocycles. The molecule has 0 radical (unpaired) electrons. The van der Waals surface area contributed by atoms with Gasteiger partial charge in [-0.3, -0.25) is 9.78 Å². The number of amides is 1. The summed E-state index contributed by atoms with van der Waals surface area (Å²) in [5.41, 5.74) is 2.71. The number of anilines is 1. The van der Waals surface area contributed by atoms with E-state index in [9.17, 15) is 9.18 Å². The molecule has 24 heavy (non-hydrogen) atoms. The normalized spacial score (nSPS) is 10.7. The number of halogens is 1. The molecule has 1 aromatic heterocycles. The molecule has 0 aliphatic rings. The molecule has 3 aromatic rings. The maximum Gasteiger partial charge on any atom is 0.255 e. The maximum atomic E-state index is 13.2. The molecule has 0 saturated carbocycles. The zero-order chi connectivity index (χ0) is 16.8. The summed E-state index contributed by atoms with van der Waals surface area (Å²) >= 11 is 0. The fraction of sp³-hybridized carbons (Fsp3) is 0. The van der Waals surface area contributed by atoms with Crippen LogP contribution < -0.4 is 5.32 Å². The molecule has 3 rings (SSSR count). The Bertz CT molecular complexity index is 876. The standard InChI is InChI=1S/C20H15FN2O/c21-17-7-4-6-16(14-17)20(24)23-19-9-3-5-15(13-19)10-11-18-8-1-2-12-22-18/h1-14H,(H,23,24). The van der Waals surface area contributed by atoms with Crippen LogP contribution in [0.3, 0.4) is 0 Å². The van der Waals surface area contributed by atoms with Gasteiger partial charge < -0.3 is 5.32 Å². The number of benzene rings is 2. The van der Waals surface area contributed by atoms with Gasteiger partial charge in [-0.1, -0.05) is 30.3 Å². The van der Waals surface area contributed by atoms with Crippen molar-refractivity contribution in [3.05, 3.63) is 95.6 Å². The number of carbonyl (C=O) groups excluding carboxylic acids is 1. The average Bonchev–Trinajstić information content (AvgIpc) is 2.61. The zero-order valence-electron chi connectivity index (χ0n) is 12.8. The summed E-state index contributed by atoms with van der Waals surface area (Å²) in [6.45, 7) is 0. The van der Waals surface area contributed by atoms with Crippen LogP contribution in [0.1, 0.15) is 21.6 Å². The van der Waals surface area contributed by atoms with Crippen molar-refractivity contribution in [2.45, 2.75) is 0 Å². The molecule has 4 heteroatoms. The number of hydrogen-bond acceptors (Lipinski definition) is 2. The van der Waals surface area contributed by atoms with Crippen LogP contribution in [0.2, 0.25) is 0 Å². The number of nitrogens with zero attached hydrogens (tertiary/aromatic N) is 1. The highest BCUT2D eigenvalue weighted by atomic mass is 19.1. The molecular weight excluding hydrogens is 303 g/mol. The minimum atomic E-state index is -0.435. The second kappa shape index (κ2) is 7.33. The van der Waals surface area contributed by atoms with Crippen molar-refractivity contribution in [3.8, 4) is 0 Å². The summed E-state index contributed by atoms with van der Waals surface area (Å²) in [5.74, 6) is -0.782. The molecule has 0 saturated heterocycles. The summed E-state index contributed by atoms with van der Waals surface area (Å²) in [5, 5.41) is 2.77. The van der Waals surface area contributed by atoms with Gasteiger partial charge in [0, 0.05) is 17.4 Å².